The second-order valence-electron chi connectivity index (χ2n) is 9.56. The summed E-state index contributed by atoms with van der Waals surface area (Å²) in [6.07, 6.45) is 4.02. The highest BCUT2D eigenvalue weighted by molar-refractivity contribution is 5.83. The average Bonchev–Trinajstić information content (AvgIpc) is 2.90. The standard InChI is InChI=1S/C22H36N2O6/c1-9-10-15-13-17(19(27)29-21(3,4)5)24(20(28)30-22(6,7)8)18(15)16(11-12-25)23-14(2)26/h9-10,12,15-18H,11,13H2,1-8H3,(H,23,26)/t15-,16+,17+,18-/m1/s1. The number of allylic oxidation sites excluding steroid dienone is 1. The zero-order chi connectivity index (χ0) is 23.3. The number of hydrogen-bond donors (Lipinski definition) is 1. The molecule has 8 heteroatoms. The van der Waals surface area contributed by atoms with Crippen LogP contribution in [0.4, 0.5) is 4.79 Å². The summed E-state index contributed by atoms with van der Waals surface area (Å²) in [7, 11) is 0. The van der Waals surface area contributed by atoms with E-state index < -0.39 is 41.4 Å². The number of amides is 2. The third-order valence-corrected chi connectivity index (χ3v) is 4.46. The van der Waals surface area contributed by atoms with Crippen LogP contribution in [0.3, 0.4) is 0 Å². The summed E-state index contributed by atoms with van der Waals surface area (Å²) in [4.78, 5) is 50.6. The van der Waals surface area contributed by atoms with Crippen molar-refractivity contribution in [3.63, 3.8) is 0 Å². The van der Waals surface area contributed by atoms with E-state index in [0.29, 0.717) is 12.7 Å². The first-order valence-electron chi connectivity index (χ1n) is 10.3. The first-order valence-corrected chi connectivity index (χ1v) is 10.3. The van der Waals surface area contributed by atoms with Gasteiger partial charge in [0, 0.05) is 19.3 Å². The molecule has 1 aliphatic heterocycles. The summed E-state index contributed by atoms with van der Waals surface area (Å²) in [5, 5.41) is 2.76. The van der Waals surface area contributed by atoms with E-state index >= 15 is 0 Å². The van der Waals surface area contributed by atoms with Gasteiger partial charge in [-0.3, -0.25) is 9.69 Å². The molecule has 0 aromatic rings. The molecular weight excluding hydrogens is 388 g/mol. The summed E-state index contributed by atoms with van der Waals surface area (Å²) < 4.78 is 11.1. The van der Waals surface area contributed by atoms with Gasteiger partial charge in [0.15, 0.2) is 0 Å². The Balaban J connectivity index is 3.46. The molecule has 0 saturated carbocycles. The summed E-state index contributed by atoms with van der Waals surface area (Å²) in [5.74, 6) is -1.14. The molecule has 0 radical (unpaired) electrons. The fraction of sp³-hybridized carbons (Fsp3) is 0.727. The lowest BCUT2D eigenvalue weighted by atomic mass is 9.91. The van der Waals surface area contributed by atoms with E-state index in [2.05, 4.69) is 5.32 Å². The topological polar surface area (TPSA) is 102 Å². The molecule has 1 saturated heterocycles. The van der Waals surface area contributed by atoms with Gasteiger partial charge in [-0.15, -0.1) is 0 Å². The van der Waals surface area contributed by atoms with Crippen molar-refractivity contribution in [2.24, 2.45) is 5.92 Å². The zero-order valence-electron chi connectivity index (χ0n) is 19.4. The van der Waals surface area contributed by atoms with Crippen LogP contribution >= 0.6 is 0 Å². The molecule has 1 aliphatic rings. The molecule has 1 fully saturated rings. The predicted octanol–water partition coefficient (Wildman–Crippen LogP) is 2.99. The van der Waals surface area contributed by atoms with Crippen molar-refractivity contribution in [3.05, 3.63) is 12.2 Å². The molecule has 8 nitrogen and oxygen atoms in total. The van der Waals surface area contributed by atoms with E-state index in [4.69, 9.17) is 9.47 Å². The average molecular weight is 425 g/mol. The van der Waals surface area contributed by atoms with Crippen LogP contribution in [0.15, 0.2) is 12.2 Å². The van der Waals surface area contributed by atoms with Crippen LogP contribution in [0, 0.1) is 5.92 Å². The van der Waals surface area contributed by atoms with Crippen LogP contribution in [0.5, 0.6) is 0 Å². The van der Waals surface area contributed by atoms with Crippen LogP contribution in [0.2, 0.25) is 0 Å². The first kappa shape index (κ1) is 25.7. The van der Waals surface area contributed by atoms with E-state index in [9.17, 15) is 19.2 Å². The van der Waals surface area contributed by atoms with Crippen LogP contribution in [0.1, 0.15) is 68.2 Å². The Hall–Kier alpha value is -2.38. The minimum atomic E-state index is -0.895. The summed E-state index contributed by atoms with van der Waals surface area (Å²) >= 11 is 0. The van der Waals surface area contributed by atoms with Gasteiger partial charge in [0.05, 0.1) is 12.1 Å². The number of ether oxygens (including phenoxy) is 2. The Kier molecular flexibility index (Phi) is 8.63. The highest BCUT2D eigenvalue weighted by Crippen LogP contribution is 2.36. The molecule has 1 rings (SSSR count). The molecule has 1 heterocycles. The maximum absolute atomic E-state index is 13.2. The Morgan fingerprint density at radius 3 is 2.10 bits per heavy atom. The number of esters is 1. The highest BCUT2D eigenvalue weighted by Gasteiger charge is 2.51. The van der Waals surface area contributed by atoms with Gasteiger partial charge < -0.3 is 19.6 Å². The number of carbonyl (C=O) groups excluding carboxylic acids is 4. The van der Waals surface area contributed by atoms with Gasteiger partial charge in [0.2, 0.25) is 5.91 Å². The summed E-state index contributed by atoms with van der Waals surface area (Å²) in [6, 6.07) is -2.20. The largest absolute Gasteiger partial charge is 0.458 e. The van der Waals surface area contributed by atoms with E-state index in [1.807, 2.05) is 19.1 Å². The number of nitrogens with one attached hydrogen (secondary N) is 1. The molecular formula is C22H36N2O6. The normalized spacial score (nSPS) is 23.2. The molecule has 0 aromatic carbocycles. The Morgan fingerprint density at radius 1 is 1.10 bits per heavy atom. The third-order valence-electron chi connectivity index (χ3n) is 4.46. The Labute approximate surface area is 179 Å². The molecule has 4 atom stereocenters. The Morgan fingerprint density at radius 2 is 1.67 bits per heavy atom. The molecule has 0 bridgehead atoms. The van der Waals surface area contributed by atoms with Crippen molar-refractivity contribution in [1.82, 2.24) is 10.2 Å². The van der Waals surface area contributed by atoms with Crippen LogP contribution < -0.4 is 5.32 Å². The van der Waals surface area contributed by atoms with Crippen molar-refractivity contribution < 1.29 is 28.7 Å². The van der Waals surface area contributed by atoms with E-state index in [-0.39, 0.29) is 18.2 Å². The highest BCUT2D eigenvalue weighted by atomic mass is 16.6. The molecule has 1 N–H and O–H groups in total. The van der Waals surface area contributed by atoms with Gasteiger partial charge >= 0.3 is 12.1 Å². The molecule has 30 heavy (non-hydrogen) atoms. The Bertz CT molecular complexity index is 674. The second-order valence-corrected chi connectivity index (χ2v) is 9.56. The third kappa shape index (κ3) is 7.46. The number of likely N-dealkylation sites (tertiary alicyclic amines) is 1. The summed E-state index contributed by atoms with van der Waals surface area (Å²) in [6.45, 7) is 13.7. The van der Waals surface area contributed by atoms with Crippen molar-refractivity contribution in [2.45, 2.75) is 97.6 Å². The SMILES string of the molecule is CC=C[C@@H]1C[C@@H](C(=O)OC(C)(C)C)N(C(=O)OC(C)(C)C)[C@H]1[C@H](CC=O)NC(C)=O. The monoisotopic (exact) mass is 424 g/mol. The smallest absolute Gasteiger partial charge is 0.411 e. The number of hydrogen-bond acceptors (Lipinski definition) is 6. The van der Waals surface area contributed by atoms with Gasteiger partial charge in [0.1, 0.15) is 23.5 Å². The molecule has 170 valence electrons. The quantitative estimate of drug-likeness (QED) is 0.399. The molecule has 2 amide bonds. The molecule has 0 aliphatic carbocycles. The van der Waals surface area contributed by atoms with Crippen molar-refractivity contribution in [3.8, 4) is 0 Å². The predicted molar refractivity (Wildman–Crippen MR) is 113 cm³/mol. The number of aldehydes is 1. The molecule has 0 unspecified atom stereocenters. The number of rotatable bonds is 6. The lowest BCUT2D eigenvalue weighted by Gasteiger charge is -2.37. The van der Waals surface area contributed by atoms with Gasteiger partial charge in [-0.25, -0.2) is 9.59 Å². The van der Waals surface area contributed by atoms with E-state index in [1.165, 1.54) is 11.8 Å². The maximum Gasteiger partial charge on any atom is 0.411 e. The summed E-state index contributed by atoms with van der Waals surface area (Å²) in [5.41, 5.74) is -1.52. The van der Waals surface area contributed by atoms with Crippen LogP contribution in [0.25, 0.3) is 0 Å². The fourth-order valence-corrected chi connectivity index (χ4v) is 3.65. The fourth-order valence-electron chi connectivity index (χ4n) is 3.65. The van der Waals surface area contributed by atoms with E-state index in [0.717, 1.165) is 0 Å². The van der Waals surface area contributed by atoms with Gasteiger partial charge in [-0.2, -0.15) is 0 Å². The zero-order valence-corrected chi connectivity index (χ0v) is 19.4. The first-order chi connectivity index (χ1) is 13.7. The lowest BCUT2D eigenvalue weighted by Crippen LogP contribution is -2.56. The van der Waals surface area contributed by atoms with Gasteiger partial charge in [0.25, 0.3) is 0 Å². The van der Waals surface area contributed by atoms with E-state index in [1.54, 1.807) is 41.5 Å². The minimum Gasteiger partial charge on any atom is -0.458 e. The minimum absolute atomic E-state index is 0.00135. The van der Waals surface area contributed by atoms with Crippen molar-refractivity contribution in [1.29, 1.82) is 0 Å². The van der Waals surface area contributed by atoms with Crippen LogP contribution in [-0.2, 0) is 23.9 Å². The molecule has 0 spiro atoms. The second kappa shape index (κ2) is 10.1. The van der Waals surface area contributed by atoms with Gasteiger partial charge in [-0.1, -0.05) is 12.2 Å². The maximum atomic E-state index is 13.2. The van der Waals surface area contributed by atoms with Crippen molar-refractivity contribution >= 4 is 24.3 Å². The lowest BCUT2D eigenvalue weighted by molar-refractivity contribution is -0.160. The molecule has 0 aromatic heterocycles. The number of carbonyl (C=O) groups is 4. The van der Waals surface area contributed by atoms with Crippen molar-refractivity contribution in [2.75, 3.05) is 0 Å². The number of nitrogens with zero attached hydrogens (tertiary/aromatic N) is 1. The van der Waals surface area contributed by atoms with Gasteiger partial charge in [-0.05, 0) is 54.9 Å². The van der Waals surface area contributed by atoms with Crippen LogP contribution in [-0.4, -0.2) is 58.5 Å².